The van der Waals surface area contributed by atoms with E-state index in [2.05, 4.69) is 22.8 Å². The third-order valence-corrected chi connectivity index (χ3v) is 2.85. The van der Waals surface area contributed by atoms with Gasteiger partial charge in [0.1, 0.15) is 0 Å². The summed E-state index contributed by atoms with van der Waals surface area (Å²) in [6.07, 6.45) is 2.05. The third kappa shape index (κ3) is 2.34. The molecule has 0 amide bonds. The summed E-state index contributed by atoms with van der Waals surface area (Å²) in [5.74, 6) is 0. The number of nitrogens with zero attached hydrogens (tertiary/aromatic N) is 2. The first-order chi connectivity index (χ1) is 8.06. The van der Waals surface area contributed by atoms with Gasteiger partial charge in [-0.15, -0.1) is 0 Å². The lowest BCUT2D eigenvalue weighted by Crippen LogP contribution is -2.13. The molecule has 0 saturated heterocycles. The van der Waals surface area contributed by atoms with Crippen molar-refractivity contribution < 1.29 is 0 Å². The molecule has 0 atom stereocenters. The molecular weight excluding hydrogens is 208 g/mol. The average Bonchev–Trinajstić information content (AvgIpc) is 2.71. The number of para-hydroxylation sites is 1. The Labute approximate surface area is 103 Å². The van der Waals surface area contributed by atoms with Gasteiger partial charge >= 0.3 is 0 Å². The van der Waals surface area contributed by atoms with Crippen LogP contribution in [0.25, 0.3) is 10.9 Å². The highest BCUT2D eigenvalue weighted by atomic mass is 14.9. The van der Waals surface area contributed by atoms with E-state index in [1.54, 1.807) is 0 Å². The maximum absolute atomic E-state index is 9.16. The minimum atomic E-state index is -0.430. The highest BCUT2D eigenvalue weighted by Gasteiger charge is 2.23. The van der Waals surface area contributed by atoms with Gasteiger partial charge in [-0.2, -0.15) is 5.26 Å². The van der Waals surface area contributed by atoms with E-state index < -0.39 is 5.41 Å². The van der Waals surface area contributed by atoms with Crippen LogP contribution in [0, 0.1) is 11.3 Å². The highest BCUT2D eigenvalue weighted by molar-refractivity contribution is 5.85. The second-order valence-corrected chi connectivity index (χ2v) is 4.41. The molecule has 90 valence electrons. The van der Waals surface area contributed by atoms with Crippen molar-refractivity contribution in [3.63, 3.8) is 0 Å². The molecule has 17 heavy (non-hydrogen) atoms. The number of benzene rings is 1. The van der Waals surface area contributed by atoms with E-state index in [9.17, 15) is 0 Å². The zero-order valence-corrected chi connectivity index (χ0v) is 11.3. The first-order valence-electron chi connectivity index (χ1n) is 6.02. The molecule has 2 aromatic rings. The Morgan fingerprint density at radius 1 is 1.18 bits per heavy atom. The summed E-state index contributed by atoms with van der Waals surface area (Å²) in [5, 5.41) is 10.3. The molecule has 1 aromatic carbocycles. The van der Waals surface area contributed by atoms with Crippen LogP contribution in [0.2, 0.25) is 0 Å². The van der Waals surface area contributed by atoms with Crippen LogP contribution in [0.4, 0.5) is 0 Å². The molecule has 0 fully saturated rings. The molecule has 0 spiro atoms. The van der Waals surface area contributed by atoms with Gasteiger partial charge in [-0.3, -0.25) is 0 Å². The summed E-state index contributed by atoms with van der Waals surface area (Å²) < 4.78 is 2.07. The topological polar surface area (TPSA) is 28.7 Å². The van der Waals surface area contributed by atoms with Crippen molar-refractivity contribution in [2.45, 2.75) is 33.1 Å². The van der Waals surface area contributed by atoms with E-state index >= 15 is 0 Å². The Morgan fingerprint density at radius 2 is 1.76 bits per heavy atom. The first-order valence-corrected chi connectivity index (χ1v) is 6.02. The molecular formula is C15H20N2. The maximum atomic E-state index is 9.16. The van der Waals surface area contributed by atoms with Gasteiger partial charge in [0.25, 0.3) is 0 Å². The fourth-order valence-corrected chi connectivity index (χ4v) is 1.90. The molecule has 0 N–H and O–H groups in total. The largest absolute Gasteiger partial charge is 0.350 e. The number of aromatic nitrogens is 1. The zero-order chi connectivity index (χ0) is 13.1. The summed E-state index contributed by atoms with van der Waals surface area (Å²) in [6.45, 7) is 7.91. The van der Waals surface area contributed by atoms with Gasteiger partial charge in [0.2, 0.25) is 0 Å². The van der Waals surface area contributed by atoms with E-state index in [0.29, 0.717) is 0 Å². The predicted octanol–water partition coefficient (Wildman–Crippen LogP) is 4.01. The fourth-order valence-electron chi connectivity index (χ4n) is 1.90. The van der Waals surface area contributed by atoms with Gasteiger partial charge in [-0.25, -0.2) is 0 Å². The van der Waals surface area contributed by atoms with Gasteiger partial charge in [-0.05, 0) is 25.5 Å². The van der Waals surface area contributed by atoms with E-state index in [0.717, 1.165) is 5.56 Å². The van der Waals surface area contributed by atoms with Gasteiger partial charge < -0.3 is 4.57 Å². The number of rotatable bonds is 1. The van der Waals surface area contributed by atoms with Crippen molar-refractivity contribution in [1.29, 1.82) is 5.26 Å². The molecule has 0 unspecified atom stereocenters. The normalized spacial score (nSPS) is 10.6. The quantitative estimate of drug-likeness (QED) is 0.725. The molecule has 2 nitrogen and oxygen atoms in total. The van der Waals surface area contributed by atoms with E-state index in [1.807, 2.05) is 53.1 Å². The smallest absolute Gasteiger partial charge is 0.0787 e. The van der Waals surface area contributed by atoms with Crippen molar-refractivity contribution >= 4 is 10.9 Å². The van der Waals surface area contributed by atoms with Crippen LogP contribution in [0.5, 0.6) is 0 Å². The number of aryl methyl sites for hydroxylation is 1. The Morgan fingerprint density at radius 3 is 2.35 bits per heavy atom. The summed E-state index contributed by atoms with van der Waals surface area (Å²) >= 11 is 0. The molecule has 0 radical (unpaired) electrons. The Balaban J connectivity index is 0.000000686. The summed E-state index contributed by atoms with van der Waals surface area (Å²) in [4.78, 5) is 0. The SMILES string of the molecule is CC.Cn1cc(C(C)(C)C#N)c2ccccc21. The van der Waals surface area contributed by atoms with Crippen LogP contribution in [0.1, 0.15) is 33.3 Å². The van der Waals surface area contributed by atoms with Crippen molar-refractivity contribution in [2.24, 2.45) is 7.05 Å². The summed E-state index contributed by atoms with van der Waals surface area (Å²) in [6, 6.07) is 10.5. The lowest BCUT2D eigenvalue weighted by molar-refractivity contribution is 0.689. The minimum Gasteiger partial charge on any atom is -0.350 e. The fraction of sp³-hybridized carbons (Fsp3) is 0.400. The van der Waals surface area contributed by atoms with Crippen LogP contribution in [0.15, 0.2) is 30.5 Å². The standard InChI is InChI=1S/C13H14N2.C2H6/c1-13(2,9-14)11-8-15(3)12-7-5-4-6-10(11)12;1-2/h4-8H,1-3H3;1-2H3. The van der Waals surface area contributed by atoms with E-state index in [4.69, 9.17) is 5.26 Å². The highest BCUT2D eigenvalue weighted by Crippen LogP contribution is 2.30. The van der Waals surface area contributed by atoms with Crippen molar-refractivity contribution in [3.8, 4) is 6.07 Å². The monoisotopic (exact) mass is 228 g/mol. The lowest BCUT2D eigenvalue weighted by atomic mass is 9.86. The van der Waals surface area contributed by atoms with E-state index in [-0.39, 0.29) is 0 Å². The molecule has 0 aliphatic carbocycles. The third-order valence-electron chi connectivity index (χ3n) is 2.85. The lowest BCUT2D eigenvalue weighted by Gasteiger charge is -2.13. The molecule has 0 bridgehead atoms. The second kappa shape index (κ2) is 5.05. The van der Waals surface area contributed by atoms with Crippen LogP contribution < -0.4 is 0 Å². The molecule has 1 heterocycles. The van der Waals surface area contributed by atoms with Crippen LogP contribution in [0.3, 0.4) is 0 Å². The van der Waals surface area contributed by atoms with Crippen LogP contribution in [-0.2, 0) is 12.5 Å². The maximum Gasteiger partial charge on any atom is 0.0787 e. The molecule has 0 aliphatic heterocycles. The molecule has 0 saturated carbocycles. The van der Waals surface area contributed by atoms with Crippen molar-refractivity contribution in [1.82, 2.24) is 4.57 Å². The predicted molar refractivity (Wildman–Crippen MR) is 72.9 cm³/mol. The van der Waals surface area contributed by atoms with E-state index in [1.165, 1.54) is 10.9 Å². The number of hydrogen-bond acceptors (Lipinski definition) is 1. The number of nitriles is 1. The average molecular weight is 228 g/mol. The Bertz CT molecular complexity index is 542. The van der Waals surface area contributed by atoms with Crippen LogP contribution in [-0.4, -0.2) is 4.57 Å². The number of hydrogen-bond donors (Lipinski definition) is 0. The molecule has 1 aromatic heterocycles. The Hall–Kier alpha value is -1.75. The van der Waals surface area contributed by atoms with Crippen molar-refractivity contribution in [3.05, 3.63) is 36.0 Å². The summed E-state index contributed by atoms with van der Waals surface area (Å²) in [5.41, 5.74) is 1.85. The second-order valence-electron chi connectivity index (χ2n) is 4.41. The van der Waals surface area contributed by atoms with Gasteiger partial charge in [0.15, 0.2) is 0 Å². The van der Waals surface area contributed by atoms with Gasteiger partial charge in [0.05, 0.1) is 11.5 Å². The van der Waals surface area contributed by atoms with Gasteiger partial charge in [0, 0.05) is 24.1 Å². The van der Waals surface area contributed by atoms with Crippen LogP contribution >= 0.6 is 0 Å². The molecule has 2 heteroatoms. The minimum absolute atomic E-state index is 0.430. The zero-order valence-electron chi connectivity index (χ0n) is 11.3. The Kier molecular flexibility index (Phi) is 3.96. The number of fused-ring (bicyclic) bond motifs is 1. The molecule has 0 aliphatic rings. The summed E-state index contributed by atoms with van der Waals surface area (Å²) in [7, 11) is 2.01. The molecule has 2 rings (SSSR count). The van der Waals surface area contributed by atoms with Gasteiger partial charge in [-0.1, -0.05) is 32.0 Å². The van der Waals surface area contributed by atoms with Crippen molar-refractivity contribution in [2.75, 3.05) is 0 Å². The first kappa shape index (κ1) is 13.3.